The van der Waals surface area contributed by atoms with E-state index in [9.17, 15) is 4.79 Å². The van der Waals surface area contributed by atoms with E-state index in [0.717, 1.165) is 23.4 Å². The molecule has 2 aromatic carbocycles. The van der Waals surface area contributed by atoms with Gasteiger partial charge < -0.3 is 4.74 Å². The van der Waals surface area contributed by atoms with Gasteiger partial charge in [-0.3, -0.25) is 4.79 Å². The predicted molar refractivity (Wildman–Crippen MR) is 95.3 cm³/mol. The van der Waals surface area contributed by atoms with E-state index < -0.39 is 0 Å². The lowest BCUT2D eigenvalue weighted by Crippen LogP contribution is -2.21. The number of benzene rings is 2. The molecule has 124 valence electrons. The van der Waals surface area contributed by atoms with Crippen molar-refractivity contribution in [2.75, 3.05) is 6.61 Å². The van der Waals surface area contributed by atoms with Gasteiger partial charge in [-0.15, -0.1) is 0 Å². The third kappa shape index (κ3) is 3.82. The highest BCUT2D eigenvalue weighted by Crippen LogP contribution is 2.47. The molecular formula is C20H22N2O2. The van der Waals surface area contributed by atoms with E-state index in [4.69, 9.17) is 4.74 Å². The van der Waals surface area contributed by atoms with Crippen LogP contribution < -0.4 is 10.2 Å². The number of nitrogens with one attached hydrogen (secondary N) is 1. The van der Waals surface area contributed by atoms with Gasteiger partial charge in [-0.25, -0.2) is 5.43 Å². The summed E-state index contributed by atoms with van der Waals surface area (Å²) < 4.78 is 5.42. The van der Waals surface area contributed by atoms with Crippen LogP contribution in [0.5, 0.6) is 5.75 Å². The van der Waals surface area contributed by atoms with Gasteiger partial charge in [-0.05, 0) is 61.6 Å². The Morgan fingerprint density at radius 2 is 1.88 bits per heavy atom. The molecule has 4 nitrogen and oxygen atoms in total. The molecule has 4 heteroatoms. The summed E-state index contributed by atoms with van der Waals surface area (Å²) >= 11 is 0. The van der Waals surface area contributed by atoms with Gasteiger partial charge in [0.25, 0.3) is 0 Å². The van der Waals surface area contributed by atoms with Crippen LogP contribution in [0.15, 0.2) is 59.7 Å². The van der Waals surface area contributed by atoms with Gasteiger partial charge in [0, 0.05) is 5.92 Å². The molecule has 0 aliphatic heterocycles. The Bertz CT molecular complexity index is 723. The molecule has 1 aliphatic carbocycles. The molecule has 2 atom stereocenters. The Hall–Kier alpha value is -2.62. The molecule has 0 unspecified atom stereocenters. The van der Waals surface area contributed by atoms with Gasteiger partial charge in [-0.2, -0.15) is 5.10 Å². The van der Waals surface area contributed by atoms with Crippen molar-refractivity contribution in [2.24, 2.45) is 11.0 Å². The van der Waals surface area contributed by atoms with Crippen LogP contribution in [-0.2, 0) is 4.79 Å². The number of carbonyl (C=O) groups excluding carboxylic acids is 1. The van der Waals surface area contributed by atoms with Crippen LogP contribution in [-0.4, -0.2) is 18.2 Å². The third-order valence-electron chi connectivity index (χ3n) is 4.27. The van der Waals surface area contributed by atoms with Gasteiger partial charge >= 0.3 is 0 Å². The normalized spacial score (nSPS) is 19.7. The Labute approximate surface area is 142 Å². The van der Waals surface area contributed by atoms with E-state index in [1.807, 2.05) is 56.3 Å². The second-order valence-corrected chi connectivity index (χ2v) is 5.99. The zero-order valence-electron chi connectivity index (χ0n) is 14.0. The van der Waals surface area contributed by atoms with Gasteiger partial charge in [-0.1, -0.05) is 30.3 Å². The summed E-state index contributed by atoms with van der Waals surface area (Å²) in [6.45, 7) is 4.49. The van der Waals surface area contributed by atoms with Gasteiger partial charge in [0.05, 0.1) is 12.3 Å². The number of ether oxygens (including phenoxy) is 1. The van der Waals surface area contributed by atoms with Crippen molar-refractivity contribution >= 4 is 11.6 Å². The summed E-state index contributed by atoms with van der Waals surface area (Å²) in [5.41, 5.74) is 5.67. The minimum absolute atomic E-state index is 0.00543. The molecule has 3 rings (SSSR count). The van der Waals surface area contributed by atoms with Crippen LogP contribution in [0.25, 0.3) is 0 Å². The first kappa shape index (κ1) is 16.2. The van der Waals surface area contributed by atoms with E-state index in [0.29, 0.717) is 12.5 Å². The van der Waals surface area contributed by atoms with Gasteiger partial charge in [0.1, 0.15) is 5.75 Å². The van der Waals surface area contributed by atoms with Crippen LogP contribution in [0.4, 0.5) is 0 Å². The summed E-state index contributed by atoms with van der Waals surface area (Å²) in [6.07, 6.45) is 0.896. The number of amides is 1. The topological polar surface area (TPSA) is 50.7 Å². The molecule has 0 radical (unpaired) electrons. The lowest BCUT2D eigenvalue weighted by molar-refractivity contribution is -0.122. The van der Waals surface area contributed by atoms with Gasteiger partial charge in [0.15, 0.2) is 0 Å². The number of hydrazone groups is 1. The Morgan fingerprint density at radius 1 is 1.17 bits per heavy atom. The number of rotatable bonds is 6. The van der Waals surface area contributed by atoms with Crippen molar-refractivity contribution in [3.8, 4) is 5.75 Å². The molecule has 1 fully saturated rings. The quantitative estimate of drug-likeness (QED) is 0.651. The minimum Gasteiger partial charge on any atom is -0.494 e. The van der Waals surface area contributed by atoms with E-state index in [-0.39, 0.29) is 11.8 Å². The molecular weight excluding hydrogens is 300 g/mol. The second-order valence-electron chi connectivity index (χ2n) is 5.99. The predicted octanol–water partition coefficient (Wildman–Crippen LogP) is 3.73. The zero-order chi connectivity index (χ0) is 16.9. The molecule has 1 N–H and O–H groups in total. The van der Waals surface area contributed by atoms with E-state index in [2.05, 4.69) is 22.7 Å². The fourth-order valence-corrected chi connectivity index (χ4v) is 2.80. The highest BCUT2D eigenvalue weighted by molar-refractivity contribution is 5.99. The SMILES string of the molecule is CCOc1ccc(/C(C)=N\NC(=O)[C@H]2C[C@H]2c2ccccc2)cc1. The van der Waals surface area contributed by atoms with Crippen LogP contribution in [0.3, 0.4) is 0 Å². The van der Waals surface area contributed by atoms with E-state index in [1.165, 1.54) is 5.56 Å². The van der Waals surface area contributed by atoms with Crippen molar-refractivity contribution in [1.29, 1.82) is 0 Å². The lowest BCUT2D eigenvalue weighted by Gasteiger charge is -2.05. The maximum absolute atomic E-state index is 12.2. The number of carbonyl (C=O) groups is 1. The first-order valence-corrected chi connectivity index (χ1v) is 8.31. The third-order valence-corrected chi connectivity index (χ3v) is 4.27. The second kappa shape index (κ2) is 7.30. The molecule has 24 heavy (non-hydrogen) atoms. The smallest absolute Gasteiger partial charge is 0.243 e. The average Bonchev–Trinajstić information content (AvgIpc) is 3.42. The van der Waals surface area contributed by atoms with Crippen LogP contribution in [0.2, 0.25) is 0 Å². The molecule has 0 spiro atoms. The minimum atomic E-state index is -0.00543. The van der Waals surface area contributed by atoms with E-state index >= 15 is 0 Å². The number of nitrogens with zero attached hydrogens (tertiary/aromatic N) is 1. The Morgan fingerprint density at radius 3 is 2.54 bits per heavy atom. The molecule has 1 aliphatic rings. The summed E-state index contributed by atoms with van der Waals surface area (Å²) in [5.74, 6) is 1.19. The maximum atomic E-state index is 12.2. The van der Waals surface area contributed by atoms with Crippen LogP contribution in [0, 0.1) is 5.92 Å². The molecule has 0 saturated heterocycles. The zero-order valence-corrected chi connectivity index (χ0v) is 14.0. The van der Waals surface area contributed by atoms with Crippen LogP contribution in [0.1, 0.15) is 37.3 Å². The van der Waals surface area contributed by atoms with Crippen LogP contribution >= 0.6 is 0 Å². The van der Waals surface area contributed by atoms with E-state index in [1.54, 1.807) is 0 Å². The summed E-state index contributed by atoms with van der Waals surface area (Å²) in [6, 6.07) is 17.9. The molecule has 1 amide bonds. The number of hydrogen-bond donors (Lipinski definition) is 1. The highest BCUT2D eigenvalue weighted by Gasteiger charge is 2.43. The molecule has 1 saturated carbocycles. The van der Waals surface area contributed by atoms with Crippen molar-refractivity contribution in [3.05, 3.63) is 65.7 Å². The average molecular weight is 322 g/mol. The van der Waals surface area contributed by atoms with Crippen molar-refractivity contribution in [2.45, 2.75) is 26.2 Å². The largest absolute Gasteiger partial charge is 0.494 e. The standard InChI is InChI=1S/C20H22N2O2/c1-3-24-17-11-9-15(10-12-17)14(2)21-22-20(23)19-13-18(19)16-7-5-4-6-8-16/h4-12,18-19H,3,13H2,1-2H3,(H,22,23)/b21-14-/t18-,19-/m0/s1. The van der Waals surface area contributed by atoms with Crippen molar-refractivity contribution < 1.29 is 9.53 Å². The molecule has 2 aromatic rings. The number of hydrogen-bond acceptors (Lipinski definition) is 3. The Balaban J connectivity index is 1.56. The van der Waals surface area contributed by atoms with Gasteiger partial charge in [0.2, 0.25) is 5.91 Å². The summed E-state index contributed by atoms with van der Waals surface area (Å²) in [7, 11) is 0. The van der Waals surface area contributed by atoms with Crippen molar-refractivity contribution in [3.63, 3.8) is 0 Å². The molecule has 0 heterocycles. The molecule has 0 bridgehead atoms. The first-order valence-electron chi connectivity index (χ1n) is 8.31. The maximum Gasteiger partial charge on any atom is 0.243 e. The first-order chi connectivity index (χ1) is 11.7. The van der Waals surface area contributed by atoms with Crippen molar-refractivity contribution in [1.82, 2.24) is 5.43 Å². The Kier molecular flexibility index (Phi) is 4.94. The fourth-order valence-electron chi connectivity index (χ4n) is 2.80. The molecule has 0 aromatic heterocycles. The lowest BCUT2D eigenvalue weighted by atomic mass is 10.1. The highest BCUT2D eigenvalue weighted by atomic mass is 16.5. The summed E-state index contributed by atoms with van der Waals surface area (Å²) in [4.78, 5) is 12.2. The fraction of sp³-hybridized carbons (Fsp3) is 0.300. The monoisotopic (exact) mass is 322 g/mol. The summed E-state index contributed by atoms with van der Waals surface area (Å²) in [5, 5.41) is 4.24.